The fraction of sp³-hybridized carbons (Fsp3) is 0.364. The van der Waals surface area contributed by atoms with Gasteiger partial charge in [-0.3, -0.25) is 0 Å². The number of rotatable bonds is 5. The fourth-order valence-corrected chi connectivity index (χ4v) is 2.23. The summed E-state index contributed by atoms with van der Waals surface area (Å²) in [5.74, 6) is 0.762. The Morgan fingerprint density at radius 2 is 2.11 bits per heavy atom. The summed E-state index contributed by atoms with van der Waals surface area (Å²) in [7, 11) is 1.68. The number of aromatic nitrogens is 4. The number of aliphatic hydroxyl groups excluding tert-OH is 1. The van der Waals surface area contributed by atoms with E-state index in [1.54, 1.807) is 19.2 Å². The van der Waals surface area contributed by atoms with Crippen molar-refractivity contribution in [1.29, 1.82) is 0 Å². The van der Waals surface area contributed by atoms with E-state index in [-0.39, 0.29) is 5.82 Å². The number of thioether (sulfide) groups is 1. The van der Waals surface area contributed by atoms with Gasteiger partial charge in [-0.2, -0.15) is 4.80 Å². The van der Waals surface area contributed by atoms with Crippen LogP contribution in [-0.2, 0) is 13.5 Å². The Morgan fingerprint density at radius 3 is 2.72 bits per heavy atom. The van der Waals surface area contributed by atoms with Gasteiger partial charge in [-0.25, -0.2) is 4.39 Å². The van der Waals surface area contributed by atoms with Crippen molar-refractivity contribution in [1.82, 2.24) is 20.2 Å². The maximum absolute atomic E-state index is 12.7. The molecule has 2 rings (SSSR count). The lowest BCUT2D eigenvalue weighted by molar-refractivity contribution is 0.197. The van der Waals surface area contributed by atoms with Crippen LogP contribution in [0.1, 0.15) is 5.82 Å². The van der Waals surface area contributed by atoms with Gasteiger partial charge in [0.2, 0.25) is 0 Å². The van der Waals surface area contributed by atoms with Crippen LogP contribution in [0.5, 0.6) is 0 Å². The third-order valence-corrected chi connectivity index (χ3v) is 3.38. The first kappa shape index (κ1) is 13.0. The number of benzene rings is 1. The Hall–Kier alpha value is -1.47. The van der Waals surface area contributed by atoms with Crippen molar-refractivity contribution in [2.45, 2.75) is 17.4 Å². The summed E-state index contributed by atoms with van der Waals surface area (Å²) in [6.45, 7) is 0. The van der Waals surface area contributed by atoms with Gasteiger partial charge in [-0.15, -0.1) is 22.0 Å². The minimum Gasteiger partial charge on any atom is -0.392 e. The van der Waals surface area contributed by atoms with Crippen molar-refractivity contribution >= 4 is 11.8 Å². The number of hydrogen-bond acceptors (Lipinski definition) is 5. The highest BCUT2D eigenvalue weighted by molar-refractivity contribution is 7.99. The number of tetrazole rings is 1. The molecule has 0 saturated heterocycles. The van der Waals surface area contributed by atoms with E-state index >= 15 is 0 Å². The van der Waals surface area contributed by atoms with E-state index < -0.39 is 6.10 Å². The molecule has 0 aliphatic carbocycles. The summed E-state index contributed by atoms with van der Waals surface area (Å²) in [5, 5.41) is 21.3. The molecule has 0 bridgehead atoms. The van der Waals surface area contributed by atoms with E-state index in [0.717, 1.165) is 4.90 Å². The summed E-state index contributed by atoms with van der Waals surface area (Å²) >= 11 is 1.46. The molecule has 0 saturated carbocycles. The minimum absolute atomic E-state index is 0.261. The Morgan fingerprint density at radius 1 is 1.39 bits per heavy atom. The Kier molecular flexibility index (Phi) is 4.27. The average molecular weight is 268 g/mol. The predicted octanol–water partition coefficient (Wildman–Crippen LogP) is 1.04. The lowest BCUT2D eigenvalue weighted by Gasteiger charge is -2.07. The lowest BCUT2D eigenvalue weighted by Crippen LogP contribution is -2.14. The Labute approximate surface area is 108 Å². The van der Waals surface area contributed by atoms with Crippen LogP contribution in [0, 0.1) is 5.82 Å². The zero-order chi connectivity index (χ0) is 13.0. The quantitative estimate of drug-likeness (QED) is 0.821. The first-order valence-electron chi connectivity index (χ1n) is 5.43. The molecule has 0 aliphatic rings. The van der Waals surface area contributed by atoms with Gasteiger partial charge >= 0.3 is 0 Å². The number of aliphatic hydroxyl groups is 1. The highest BCUT2D eigenvalue weighted by Gasteiger charge is 2.10. The zero-order valence-electron chi connectivity index (χ0n) is 9.82. The van der Waals surface area contributed by atoms with Crippen LogP contribution in [0.25, 0.3) is 0 Å². The molecule has 1 atom stereocenters. The molecule has 2 aromatic rings. The smallest absolute Gasteiger partial charge is 0.177 e. The molecule has 0 fully saturated rings. The molecule has 1 heterocycles. The summed E-state index contributed by atoms with van der Waals surface area (Å²) in [6, 6.07) is 6.18. The molecule has 1 aromatic carbocycles. The normalized spacial score (nSPS) is 12.6. The molecule has 18 heavy (non-hydrogen) atoms. The molecular formula is C11H13FN4OS. The highest BCUT2D eigenvalue weighted by Crippen LogP contribution is 2.19. The third kappa shape index (κ3) is 3.78. The van der Waals surface area contributed by atoms with Gasteiger partial charge in [0.1, 0.15) is 5.82 Å². The maximum Gasteiger partial charge on any atom is 0.177 e. The van der Waals surface area contributed by atoms with E-state index in [1.807, 2.05) is 0 Å². The SMILES string of the molecule is Cn1nnc(CC(O)CSc2ccc(F)cc2)n1. The molecule has 1 unspecified atom stereocenters. The van der Waals surface area contributed by atoms with Gasteiger partial charge in [0, 0.05) is 17.1 Å². The van der Waals surface area contributed by atoms with Crippen LogP contribution in [0.4, 0.5) is 4.39 Å². The number of hydrogen-bond donors (Lipinski definition) is 1. The van der Waals surface area contributed by atoms with Crippen molar-refractivity contribution in [3.63, 3.8) is 0 Å². The van der Waals surface area contributed by atoms with E-state index in [0.29, 0.717) is 18.0 Å². The van der Waals surface area contributed by atoms with Crippen LogP contribution < -0.4 is 0 Å². The van der Waals surface area contributed by atoms with E-state index in [9.17, 15) is 9.50 Å². The third-order valence-electron chi connectivity index (χ3n) is 2.22. The number of halogens is 1. The van der Waals surface area contributed by atoms with Gasteiger partial charge < -0.3 is 5.11 Å². The second-order valence-electron chi connectivity index (χ2n) is 3.82. The highest BCUT2D eigenvalue weighted by atomic mass is 32.2. The first-order valence-corrected chi connectivity index (χ1v) is 6.41. The monoisotopic (exact) mass is 268 g/mol. The van der Waals surface area contributed by atoms with Gasteiger partial charge in [0.15, 0.2) is 5.82 Å². The van der Waals surface area contributed by atoms with Gasteiger partial charge in [0.05, 0.1) is 13.2 Å². The molecule has 0 spiro atoms. The predicted molar refractivity (Wildman–Crippen MR) is 65.6 cm³/mol. The zero-order valence-corrected chi connectivity index (χ0v) is 10.6. The number of aryl methyl sites for hydroxylation is 1. The molecule has 1 N–H and O–H groups in total. The van der Waals surface area contributed by atoms with Crippen molar-refractivity contribution in [2.75, 3.05) is 5.75 Å². The second kappa shape index (κ2) is 5.92. The minimum atomic E-state index is -0.552. The fourth-order valence-electron chi connectivity index (χ4n) is 1.40. The van der Waals surface area contributed by atoms with Crippen LogP contribution >= 0.6 is 11.8 Å². The van der Waals surface area contributed by atoms with Crippen LogP contribution in [0.3, 0.4) is 0 Å². The summed E-state index contributed by atoms with van der Waals surface area (Å²) in [5.41, 5.74) is 0. The molecule has 5 nitrogen and oxygen atoms in total. The molecule has 7 heteroatoms. The van der Waals surface area contributed by atoms with Gasteiger partial charge in [0.25, 0.3) is 0 Å². The van der Waals surface area contributed by atoms with E-state index in [1.165, 1.54) is 28.7 Å². The molecule has 1 aromatic heterocycles. The van der Waals surface area contributed by atoms with Crippen molar-refractivity contribution in [2.24, 2.45) is 7.05 Å². The second-order valence-corrected chi connectivity index (χ2v) is 4.91. The Balaban J connectivity index is 1.81. The number of nitrogens with zero attached hydrogens (tertiary/aromatic N) is 4. The topological polar surface area (TPSA) is 63.8 Å². The van der Waals surface area contributed by atoms with E-state index in [2.05, 4.69) is 15.4 Å². The van der Waals surface area contributed by atoms with Crippen LogP contribution in [0.15, 0.2) is 29.2 Å². The molecule has 0 radical (unpaired) electrons. The van der Waals surface area contributed by atoms with Crippen LogP contribution in [-0.4, -0.2) is 37.2 Å². The van der Waals surface area contributed by atoms with Crippen LogP contribution in [0.2, 0.25) is 0 Å². The summed E-state index contributed by atoms with van der Waals surface area (Å²) in [6.07, 6.45) is -0.188. The van der Waals surface area contributed by atoms with Gasteiger partial charge in [-0.1, -0.05) is 0 Å². The summed E-state index contributed by atoms with van der Waals surface area (Å²) in [4.78, 5) is 2.28. The van der Waals surface area contributed by atoms with E-state index in [4.69, 9.17) is 0 Å². The molecule has 96 valence electrons. The molecule has 0 aliphatic heterocycles. The molecule has 0 amide bonds. The van der Waals surface area contributed by atoms with Crippen molar-refractivity contribution < 1.29 is 9.50 Å². The maximum atomic E-state index is 12.7. The van der Waals surface area contributed by atoms with Crippen molar-refractivity contribution in [3.05, 3.63) is 35.9 Å². The Bertz CT molecular complexity index is 502. The summed E-state index contributed by atoms with van der Waals surface area (Å²) < 4.78 is 12.7. The lowest BCUT2D eigenvalue weighted by atomic mass is 10.3. The van der Waals surface area contributed by atoms with Gasteiger partial charge in [-0.05, 0) is 29.5 Å². The van der Waals surface area contributed by atoms with Crippen molar-refractivity contribution in [3.8, 4) is 0 Å². The first-order chi connectivity index (χ1) is 8.63. The standard InChI is InChI=1S/C11H13FN4OS/c1-16-14-11(13-15-16)6-9(17)7-18-10-4-2-8(12)3-5-10/h2-5,9,17H,6-7H2,1H3. The molecular weight excluding hydrogens is 255 g/mol. The average Bonchev–Trinajstić information content (AvgIpc) is 2.74. The largest absolute Gasteiger partial charge is 0.392 e.